The summed E-state index contributed by atoms with van der Waals surface area (Å²) >= 11 is 2.71. The fraction of sp³-hybridized carbons (Fsp3) is 0.316. The van der Waals surface area contributed by atoms with Crippen LogP contribution < -0.4 is 10.9 Å². The minimum absolute atomic E-state index is 0.0589. The maximum absolute atomic E-state index is 12.9. The molecule has 0 spiro atoms. The van der Waals surface area contributed by atoms with Crippen LogP contribution in [0.15, 0.2) is 51.7 Å². The third kappa shape index (κ3) is 3.99. The maximum atomic E-state index is 12.9. The molecule has 3 rings (SSSR count). The molecule has 0 aliphatic carbocycles. The number of carbonyl (C=O) groups excluding carboxylic acids is 1. The van der Waals surface area contributed by atoms with E-state index in [0.29, 0.717) is 21.3 Å². The number of fused-ring (bicyclic) bond motifs is 1. The van der Waals surface area contributed by atoms with E-state index in [1.807, 2.05) is 42.6 Å². The van der Waals surface area contributed by atoms with Crippen molar-refractivity contribution in [2.75, 3.05) is 5.75 Å². The van der Waals surface area contributed by atoms with Gasteiger partial charge in [-0.05, 0) is 36.4 Å². The highest BCUT2D eigenvalue weighted by Gasteiger charge is 2.16. The first kappa shape index (κ1) is 18.7. The van der Waals surface area contributed by atoms with E-state index < -0.39 is 0 Å². The number of aromatic nitrogens is 2. The number of para-hydroxylation sites is 1. The highest BCUT2D eigenvalue weighted by Crippen LogP contribution is 2.23. The first-order chi connectivity index (χ1) is 12.5. The Labute approximate surface area is 160 Å². The van der Waals surface area contributed by atoms with Crippen molar-refractivity contribution in [3.05, 3.63) is 52.1 Å². The standard InChI is InChI=1S/C19H21N3O2S2/c1-12(2)13(3)20-16(23)11-26-19-21-17-15(9-10-25-17)18(24)22(19)14-7-5-4-6-8-14/h4-10,12-13H,11H2,1-3H3,(H,20,23). The summed E-state index contributed by atoms with van der Waals surface area (Å²) in [6.07, 6.45) is 0. The molecule has 1 unspecified atom stereocenters. The number of carbonyl (C=O) groups is 1. The molecule has 0 aliphatic rings. The molecule has 1 N–H and O–H groups in total. The SMILES string of the molecule is CC(C)C(C)NC(=O)CSc1nc2sccc2c(=O)n1-c1ccccc1. The van der Waals surface area contributed by atoms with Crippen LogP contribution in [0.3, 0.4) is 0 Å². The summed E-state index contributed by atoms with van der Waals surface area (Å²) in [5.41, 5.74) is 0.637. The Morgan fingerprint density at radius 2 is 1.96 bits per heavy atom. The number of nitrogens with zero attached hydrogens (tertiary/aromatic N) is 2. The molecule has 7 heteroatoms. The summed E-state index contributed by atoms with van der Waals surface area (Å²) in [5, 5.41) is 5.97. The van der Waals surface area contributed by atoms with Crippen LogP contribution in [0, 0.1) is 5.92 Å². The zero-order valence-corrected chi connectivity index (χ0v) is 16.6. The van der Waals surface area contributed by atoms with Crippen LogP contribution in [0.2, 0.25) is 0 Å². The molecule has 5 nitrogen and oxygen atoms in total. The van der Waals surface area contributed by atoms with Crippen LogP contribution in [0.1, 0.15) is 20.8 Å². The quantitative estimate of drug-likeness (QED) is 0.517. The highest BCUT2D eigenvalue weighted by molar-refractivity contribution is 7.99. The lowest BCUT2D eigenvalue weighted by atomic mass is 10.1. The number of hydrogen-bond donors (Lipinski definition) is 1. The first-order valence-corrected chi connectivity index (χ1v) is 10.3. The molecule has 0 saturated carbocycles. The van der Waals surface area contributed by atoms with Crippen molar-refractivity contribution < 1.29 is 4.79 Å². The fourth-order valence-electron chi connectivity index (χ4n) is 2.39. The normalized spacial score (nSPS) is 12.5. The van der Waals surface area contributed by atoms with Gasteiger partial charge in [0.05, 0.1) is 16.8 Å². The van der Waals surface area contributed by atoms with Crippen LogP contribution >= 0.6 is 23.1 Å². The van der Waals surface area contributed by atoms with Crippen molar-refractivity contribution in [3.63, 3.8) is 0 Å². The van der Waals surface area contributed by atoms with E-state index in [0.717, 1.165) is 5.69 Å². The van der Waals surface area contributed by atoms with Gasteiger partial charge < -0.3 is 5.32 Å². The molecule has 3 aromatic rings. The van der Waals surface area contributed by atoms with Crippen molar-refractivity contribution in [1.82, 2.24) is 14.9 Å². The van der Waals surface area contributed by atoms with Crippen molar-refractivity contribution in [3.8, 4) is 5.69 Å². The number of thioether (sulfide) groups is 1. The average Bonchev–Trinajstić information content (AvgIpc) is 3.09. The second-order valence-electron chi connectivity index (χ2n) is 6.40. The second kappa shape index (κ2) is 8.05. The lowest BCUT2D eigenvalue weighted by Crippen LogP contribution is -2.37. The number of rotatable bonds is 6. The molecule has 1 atom stereocenters. The van der Waals surface area contributed by atoms with Gasteiger partial charge in [0, 0.05) is 6.04 Å². The number of hydrogen-bond acceptors (Lipinski definition) is 5. The molecule has 0 fully saturated rings. The van der Waals surface area contributed by atoms with Crippen LogP contribution in [-0.4, -0.2) is 27.3 Å². The third-order valence-corrected chi connectivity index (χ3v) is 5.95. The van der Waals surface area contributed by atoms with Gasteiger partial charge in [-0.15, -0.1) is 11.3 Å². The molecule has 0 bridgehead atoms. The van der Waals surface area contributed by atoms with Crippen molar-refractivity contribution in [2.45, 2.75) is 32.0 Å². The molecule has 0 saturated heterocycles. The van der Waals surface area contributed by atoms with Gasteiger partial charge in [0.2, 0.25) is 5.91 Å². The maximum Gasteiger partial charge on any atom is 0.267 e. The summed E-state index contributed by atoms with van der Waals surface area (Å²) in [4.78, 5) is 30.5. The third-order valence-electron chi connectivity index (χ3n) is 4.20. The summed E-state index contributed by atoms with van der Waals surface area (Å²) in [5.74, 6) is 0.524. The summed E-state index contributed by atoms with van der Waals surface area (Å²) < 4.78 is 1.58. The summed E-state index contributed by atoms with van der Waals surface area (Å²) in [7, 11) is 0. The molecule has 1 amide bonds. The van der Waals surface area contributed by atoms with Crippen molar-refractivity contribution >= 4 is 39.2 Å². The monoisotopic (exact) mass is 387 g/mol. The molecule has 0 radical (unpaired) electrons. The molecule has 136 valence electrons. The van der Waals surface area contributed by atoms with Crippen LogP contribution in [0.25, 0.3) is 15.9 Å². The molecular formula is C19H21N3O2S2. The molecule has 1 aromatic carbocycles. The molecule has 2 aromatic heterocycles. The summed E-state index contributed by atoms with van der Waals surface area (Å²) in [6.45, 7) is 6.12. The van der Waals surface area contributed by atoms with E-state index in [4.69, 9.17) is 0 Å². The van der Waals surface area contributed by atoms with Crippen molar-refractivity contribution in [2.24, 2.45) is 5.92 Å². The van der Waals surface area contributed by atoms with Crippen LogP contribution in [0.4, 0.5) is 0 Å². The van der Waals surface area contributed by atoms with Gasteiger partial charge in [-0.2, -0.15) is 0 Å². The second-order valence-corrected chi connectivity index (χ2v) is 8.24. The minimum atomic E-state index is -0.110. The predicted molar refractivity (Wildman–Crippen MR) is 108 cm³/mol. The van der Waals surface area contributed by atoms with Crippen molar-refractivity contribution in [1.29, 1.82) is 0 Å². The number of thiophene rings is 1. The lowest BCUT2D eigenvalue weighted by molar-refractivity contribution is -0.119. The fourth-order valence-corrected chi connectivity index (χ4v) is 4.02. The zero-order valence-electron chi connectivity index (χ0n) is 14.9. The van der Waals surface area contributed by atoms with Gasteiger partial charge in [0.25, 0.3) is 5.56 Å². The van der Waals surface area contributed by atoms with Gasteiger partial charge in [0.15, 0.2) is 5.16 Å². The number of amides is 1. The van der Waals surface area contributed by atoms with Gasteiger partial charge >= 0.3 is 0 Å². The van der Waals surface area contributed by atoms with E-state index >= 15 is 0 Å². The Balaban J connectivity index is 1.92. The molecule has 2 heterocycles. The lowest BCUT2D eigenvalue weighted by Gasteiger charge is -2.17. The Morgan fingerprint density at radius 3 is 2.65 bits per heavy atom. The van der Waals surface area contributed by atoms with Crippen LogP contribution in [0.5, 0.6) is 0 Å². The largest absolute Gasteiger partial charge is 0.353 e. The Bertz CT molecular complexity index is 964. The molecule has 26 heavy (non-hydrogen) atoms. The van der Waals surface area contributed by atoms with Gasteiger partial charge in [0.1, 0.15) is 4.83 Å². The van der Waals surface area contributed by atoms with Gasteiger partial charge in [-0.3, -0.25) is 14.2 Å². The smallest absolute Gasteiger partial charge is 0.267 e. The van der Waals surface area contributed by atoms with E-state index in [-0.39, 0.29) is 23.3 Å². The predicted octanol–water partition coefficient (Wildman–Crippen LogP) is 3.70. The van der Waals surface area contributed by atoms with Gasteiger partial charge in [-0.25, -0.2) is 4.98 Å². The molecule has 0 aliphatic heterocycles. The first-order valence-electron chi connectivity index (χ1n) is 8.45. The topological polar surface area (TPSA) is 64.0 Å². The number of benzene rings is 1. The highest BCUT2D eigenvalue weighted by atomic mass is 32.2. The van der Waals surface area contributed by atoms with Crippen LogP contribution in [-0.2, 0) is 4.79 Å². The average molecular weight is 388 g/mol. The Kier molecular flexibility index (Phi) is 5.78. The number of nitrogens with one attached hydrogen (secondary N) is 1. The molecular weight excluding hydrogens is 366 g/mol. The summed E-state index contributed by atoms with van der Waals surface area (Å²) in [6, 6.07) is 11.3. The van der Waals surface area contributed by atoms with Gasteiger partial charge in [-0.1, -0.05) is 43.8 Å². The minimum Gasteiger partial charge on any atom is -0.353 e. The van der Waals surface area contributed by atoms with E-state index in [9.17, 15) is 9.59 Å². The van der Waals surface area contributed by atoms with E-state index in [1.165, 1.54) is 23.1 Å². The van der Waals surface area contributed by atoms with E-state index in [2.05, 4.69) is 24.1 Å². The zero-order chi connectivity index (χ0) is 18.7. The van der Waals surface area contributed by atoms with E-state index in [1.54, 1.807) is 10.6 Å². The Morgan fingerprint density at radius 1 is 1.23 bits per heavy atom. The Hall–Kier alpha value is -2.12.